The standard InChI is InChI=1S/C7H4ClN3O3/c8-10-6-2-1-4(11(13)14)3-5(6)7(12)9-10/h1-3H,(H,9,12). The number of nitro benzene ring substituents is 1. The molecular formula is C7H4ClN3O3. The van der Waals surface area contributed by atoms with Crippen LogP contribution in [0.3, 0.4) is 0 Å². The summed E-state index contributed by atoms with van der Waals surface area (Å²) in [4.78, 5) is 21.0. The monoisotopic (exact) mass is 213 g/mol. The van der Waals surface area contributed by atoms with Gasteiger partial charge in [-0.25, -0.2) is 5.10 Å². The number of H-pyrrole nitrogens is 1. The van der Waals surface area contributed by atoms with Crippen molar-refractivity contribution >= 4 is 28.4 Å². The van der Waals surface area contributed by atoms with E-state index in [1.54, 1.807) is 0 Å². The summed E-state index contributed by atoms with van der Waals surface area (Å²) in [6, 6.07) is 3.89. The van der Waals surface area contributed by atoms with Crippen molar-refractivity contribution in [3.8, 4) is 0 Å². The Morgan fingerprint density at radius 1 is 1.50 bits per heavy atom. The molecule has 7 heteroatoms. The van der Waals surface area contributed by atoms with Crippen LogP contribution in [0.25, 0.3) is 10.9 Å². The second-order valence-electron chi connectivity index (χ2n) is 2.68. The van der Waals surface area contributed by atoms with E-state index >= 15 is 0 Å². The van der Waals surface area contributed by atoms with Gasteiger partial charge in [-0.15, -0.1) is 0 Å². The predicted molar refractivity (Wildman–Crippen MR) is 50.5 cm³/mol. The summed E-state index contributed by atoms with van der Waals surface area (Å²) in [5.74, 6) is 0. The van der Waals surface area contributed by atoms with Gasteiger partial charge in [0.15, 0.2) is 0 Å². The second kappa shape index (κ2) is 2.85. The Bertz CT molecular complexity index is 571. The van der Waals surface area contributed by atoms with Crippen LogP contribution in [0.4, 0.5) is 5.69 Å². The van der Waals surface area contributed by atoms with Gasteiger partial charge in [0.2, 0.25) is 0 Å². The van der Waals surface area contributed by atoms with Crippen molar-refractivity contribution in [3.63, 3.8) is 0 Å². The van der Waals surface area contributed by atoms with Gasteiger partial charge < -0.3 is 0 Å². The molecule has 14 heavy (non-hydrogen) atoms. The first-order valence-electron chi connectivity index (χ1n) is 3.65. The molecule has 0 radical (unpaired) electrons. The molecular weight excluding hydrogens is 210 g/mol. The molecule has 0 bridgehead atoms. The van der Waals surface area contributed by atoms with Crippen molar-refractivity contribution < 1.29 is 4.92 Å². The number of hydrogen-bond donors (Lipinski definition) is 1. The van der Waals surface area contributed by atoms with E-state index < -0.39 is 10.5 Å². The number of nitro groups is 1. The van der Waals surface area contributed by atoms with Gasteiger partial charge in [0.1, 0.15) is 0 Å². The van der Waals surface area contributed by atoms with Crippen LogP contribution in [0.2, 0.25) is 0 Å². The van der Waals surface area contributed by atoms with Crippen molar-refractivity contribution in [3.05, 3.63) is 38.7 Å². The molecule has 72 valence electrons. The highest BCUT2D eigenvalue weighted by atomic mass is 35.5. The molecule has 0 aliphatic rings. The van der Waals surface area contributed by atoms with E-state index in [9.17, 15) is 14.9 Å². The number of hydrogen-bond acceptors (Lipinski definition) is 3. The minimum atomic E-state index is -0.565. The van der Waals surface area contributed by atoms with Crippen molar-refractivity contribution in [2.45, 2.75) is 0 Å². The number of rotatable bonds is 1. The first-order chi connectivity index (χ1) is 6.59. The number of fused-ring (bicyclic) bond motifs is 1. The van der Waals surface area contributed by atoms with Gasteiger partial charge >= 0.3 is 0 Å². The molecule has 2 rings (SSSR count). The number of aromatic nitrogens is 2. The summed E-state index contributed by atoms with van der Waals surface area (Å²) in [5, 5.41) is 12.9. The van der Waals surface area contributed by atoms with Crippen LogP contribution in [0.15, 0.2) is 23.0 Å². The first-order valence-corrected chi connectivity index (χ1v) is 3.99. The third kappa shape index (κ3) is 1.16. The summed E-state index contributed by atoms with van der Waals surface area (Å²) in [7, 11) is 0. The average Bonchev–Trinajstić information content (AvgIpc) is 2.42. The summed E-state index contributed by atoms with van der Waals surface area (Å²) in [6.07, 6.45) is 0. The number of benzene rings is 1. The van der Waals surface area contributed by atoms with Crippen LogP contribution in [0.5, 0.6) is 0 Å². The molecule has 1 aromatic carbocycles. The summed E-state index contributed by atoms with van der Waals surface area (Å²) >= 11 is 5.60. The van der Waals surface area contributed by atoms with Gasteiger partial charge in [-0.05, 0) is 6.07 Å². The lowest BCUT2D eigenvalue weighted by atomic mass is 10.2. The number of aromatic amines is 1. The molecule has 0 aliphatic heterocycles. The van der Waals surface area contributed by atoms with Gasteiger partial charge in [-0.1, -0.05) is 0 Å². The predicted octanol–water partition coefficient (Wildman–Crippen LogP) is 1.24. The molecule has 2 aromatic rings. The summed E-state index contributed by atoms with van der Waals surface area (Å²) in [6.45, 7) is 0. The van der Waals surface area contributed by atoms with Crippen LogP contribution >= 0.6 is 11.8 Å². The zero-order chi connectivity index (χ0) is 10.3. The SMILES string of the molecule is O=c1[nH]n(Cl)c2ccc([N+](=O)[O-])cc12. The quantitative estimate of drug-likeness (QED) is 0.572. The highest BCUT2D eigenvalue weighted by Crippen LogP contribution is 2.18. The number of non-ortho nitro benzene ring substituents is 1. The topological polar surface area (TPSA) is 80.9 Å². The third-order valence-electron chi connectivity index (χ3n) is 1.85. The average molecular weight is 214 g/mol. The molecule has 0 aliphatic carbocycles. The van der Waals surface area contributed by atoms with Gasteiger partial charge in [-0.3, -0.25) is 14.9 Å². The minimum absolute atomic E-state index is 0.133. The van der Waals surface area contributed by atoms with Gasteiger partial charge in [0, 0.05) is 23.9 Å². The molecule has 0 saturated carbocycles. The van der Waals surface area contributed by atoms with Crippen molar-refractivity contribution in [2.75, 3.05) is 0 Å². The van der Waals surface area contributed by atoms with Crippen LogP contribution in [0.1, 0.15) is 0 Å². The molecule has 0 amide bonds. The van der Waals surface area contributed by atoms with E-state index in [0.717, 1.165) is 4.20 Å². The fraction of sp³-hybridized carbons (Fsp3) is 0. The maximum atomic E-state index is 11.2. The maximum Gasteiger partial charge on any atom is 0.273 e. The van der Waals surface area contributed by atoms with E-state index in [1.165, 1.54) is 18.2 Å². The molecule has 0 fully saturated rings. The Kier molecular flexibility index (Phi) is 1.78. The lowest BCUT2D eigenvalue weighted by molar-refractivity contribution is -0.384. The number of nitrogens with one attached hydrogen (secondary N) is 1. The van der Waals surface area contributed by atoms with Crippen LogP contribution in [-0.4, -0.2) is 14.2 Å². The molecule has 6 nitrogen and oxygen atoms in total. The lowest BCUT2D eigenvalue weighted by Gasteiger charge is -1.91. The zero-order valence-corrected chi connectivity index (χ0v) is 7.49. The highest BCUT2D eigenvalue weighted by Gasteiger charge is 2.11. The van der Waals surface area contributed by atoms with E-state index in [-0.39, 0.29) is 11.1 Å². The fourth-order valence-electron chi connectivity index (χ4n) is 1.20. The zero-order valence-electron chi connectivity index (χ0n) is 6.73. The Morgan fingerprint density at radius 2 is 2.21 bits per heavy atom. The first kappa shape index (κ1) is 8.76. The normalized spacial score (nSPS) is 10.6. The number of halogens is 1. The molecule has 1 N–H and O–H groups in total. The Balaban J connectivity index is 2.84. The molecule has 0 unspecified atom stereocenters. The molecule has 1 aromatic heterocycles. The molecule has 0 atom stereocenters. The van der Waals surface area contributed by atoms with E-state index in [0.29, 0.717) is 5.52 Å². The summed E-state index contributed by atoms with van der Waals surface area (Å²) < 4.78 is 1.00. The van der Waals surface area contributed by atoms with Gasteiger partial charge in [0.25, 0.3) is 11.2 Å². The van der Waals surface area contributed by atoms with Crippen molar-refractivity contribution in [2.24, 2.45) is 0 Å². The molecule has 0 saturated heterocycles. The van der Waals surface area contributed by atoms with Crippen LogP contribution in [0, 0.1) is 10.1 Å². The Labute approximate surface area is 81.9 Å². The lowest BCUT2D eigenvalue weighted by Crippen LogP contribution is -1.99. The Hall–Kier alpha value is -1.82. The van der Waals surface area contributed by atoms with Gasteiger partial charge in [-0.2, -0.15) is 4.20 Å². The van der Waals surface area contributed by atoms with Crippen LogP contribution < -0.4 is 5.56 Å². The van der Waals surface area contributed by atoms with E-state index in [4.69, 9.17) is 11.8 Å². The third-order valence-corrected chi connectivity index (χ3v) is 2.11. The highest BCUT2D eigenvalue weighted by molar-refractivity contribution is 6.18. The van der Waals surface area contributed by atoms with Crippen LogP contribution in [-0.2, 0) is 0 Å². The van der Waals surface area contributed by atoms with Gasteiger partial charge in [0.05, 0.1) is 15.8 Å². The smallest absolute Gasteiger partial charge is 0.267 e. The maximum absolute atomic E-state index is 11.2. The van der Waals surface area contributed by atoms with E-state index in [1.807, 2.05) is 0 Å². The minimum Gasteiger partial charge on any atom is -0.267 e. The van der Waals surface area contributed by atoms with Crippen molar-refractivity contribution in [1.29, 1.82) is 0 Å². The largest absolute Gasteiger partial charge is 0.273 e. The molecule has 0 spiro atoms. The van der Waals surface area contributed by atoms with Crippen molar-refractivity contribution in [1.82, 2.24) is 9.30 Å². The summed E-state index contributed by atoms with van der Waals surface area (Å²) in [5.41, 5.74) is -0.160. The molecule has 1 heterocycles. The second-order valence-corrected chi connectivity index (χ2v) is 3.02. The number of nitrogens with zero attached hydrogens (tertiary/aromatic N) is 2. The Morgan fingerprint density at radius 3 is 2.86 bits per heavy atom. The van der Waals surface area contributed by atoms with E-state index in [2.05, 4.69) is 5.10 Å². The fourth-order valence-corrected chi connectivity index (χ4v) is 1.42.